The second-order valence-electron chi connectivity index (χ2n) is 3.35. The molecule has 0 atom stereocenters. The second-order valence-corrected chi connectivity index (χ2v) is 3.35. The number of aromatic nitrogens is 1. The fraction of sp³-hybridized carbons (Fsp3) is 0.273. The highest BCUT2D eigenvalue weighted by Gasteiger charge is 2.31. The van der Waals surface area contributed by atoms with Gasteiger partial charge in [-0.25, -0.2) is 0 Å². The number of esters is 1. The predicted molar refractivity (Wildman–Crippen MR) is 57.7 cm³/mol. The highest BCUT2D eigenvalue weighted by molar-refractivity contribution is 5.72. The fourth-order valence-corrected chi connectivity index (χ4v) is 1.15. The molecule has 18 heavy (non-hydrogen) atoms. The molecule has 1 aromatic rings. The first-order chi connectivity index (χ1) is 8.34. The maximum Gasteiger partial charge on any atom is 0.417 e. The lowest BCUT2D eigenvalue weighted by molar-refractivity contribution is -0.139. The van der Waals surface area contributed by atoms with E-state index in [2.05, 4.69) is 4.74 Å². The predicted octanol–water partition coefficient (Wildman–Crippen LogP) is 1.97. The number of pyridine rings is 1. The Hall–Kier alpha value is -2.05. The molecule has 1 aromatic heterocycles. The summed E-state index contributed by atoms with van der Waals surface area (Å²) in [4.78, 5) is 24.0. The number of nitrogens with one attached hydrogen (secondary N) is 1. The fourth-order valence-electron chi connectivity index (χ4n) is 1.15. The zero-order valence-electron chi connectivity index (χ0n) is 9.38. The molecule has 0 amide bonds. The Bertz CT molecular complexity index is 517. The van der Waals surface area contributed by atoms with Gasteiger partial charge >= 0.3 is 12.1 Å². The van der Waals surface area contributed by atoms with Crippen LogP contribution in [0.2, 0.25) is 0 Å². The number of H-pyrrole nitrogens is 1. The summed E-state index contributed by atoms with van der Waals surface area (Å²) in [5.74, 6) is -0.547. The van der Waals surface area contributed by atoms with Gasteiger partial charge < -0.3 is 9.72 Å². The molecule has 0 radical (unpaired) electrons. The van der Waals surface area contributed by atoms with Crippen LogP contribution in [-0.2, 0) is 15.7 Å². The highest BCUT2D eigenvalue weighted by atomic mass is 19.4. The summed E-state index contributed by atoms with van der Waals surface area (Å²) in [6.07, 6.45) is -1.65. The maximum absolute atomic E-state index is 12.4. The number of rotatable bonds is 3. The van der Waals surface area contributed by atoms with Crippen LogP contribution >= 0.6 is 0 Å². The van der Waals surface area contributed by atoms with E-state index in [0.717, 1.165) is 6.08 Å². The number of hydrogen-bond donors (Lipinski definition) is 1. The third-order valence-corrected chi connectivity index (χ3v) is 2.07. The van der Waals surface area contributed by atoms with Gasteiger partial charge in [-0.05, 0) is 6.07 Å². The topological polar surface area (TPSA) is 59.2 Å². The van der Waals surface area contributed by atoms with E-state index in [1.165, 1.54) is 13.2 Å². The first-order valence-electron chi connectivity index (χ1n) is 4.88. The number of halogens is 3. The molecule has 0 saturated heterocycles. The number of carbonyl (C=O) groups is 1. The van der Waals surface area contributed by atoms with Gasteiger partial charge in [0.05, 0.1) is 19.1 Å². The minimum atomic E-state index is -4.53. The van der Waals surface area contributed by atoms with Gasteiger partial charge in [-0.1, -0.05) is 12.2 Å². The van der Waals surface area contributed by atoms with Gasteiger partial charge in [-0.2, -0.15) is 13.2 Å². The van der Waals surface area contributed by atoms with E-state index >= 15 is 0 Å². The summed E-state index contributed by atoms with van der Waals surface area (Å²) in [5.41, 5.74) is -1.79. The molecule has 0 bridgehead atoms. The van der Waals surface area contributed by atoms with Gasteiger partial charge in [0.1, 0.15) is 0 Å². The lowest BCUT2D eigenvalue weighted by atomic mass is 10.2. The summed E-state index contributed by atoms with van der Waals surface area (Å²) >= 11 is 0. The Labute approximate surface area is 100 Å². The molecule has 0 spiro atoms. The first-order valence-corrected chi connectivity index (χ1v) is 4.88. The van der Waals surface area contributed by atoms with Crippen molar-refractivity contribution in [1.82, 2.24) is 4.98 Å². The van der Waals surface area contributed by atoms with Crippen LogP contribution in [0, 0.1) is 0 Å². The molecule has 1 heterocycles. The average molecular weight is 261 g/mol. The van der Waals surface area contributed by atoms with Crippen LogP contribution in [0.1, 0.15) is 17.5 Å². The quantitative estimate of drug-likeness (QED) is 0.846. The van der Waals surface area contributed by atoms with Gasteiger partial charge in [0.25, 0.3) is 5.56 Å². The van der Waals surface area contributed by atoms with Crippen LogP contribution < -0.4 is 5.56 Å². The molecule has 0 fully saturated rings. The van der Waals surface area contributed by atoms with Crippen molar-refractivity contribution in [3.8, 4) is 0 Å². The standard InChI is InChI=1S/C11H10F3NO3/c1-18-9(16)4-2-3-7-5-8(11(12,13)14)6-15-10(7)17/h2-3,5-6H,4H2,1H3,(H,15,17). The van der Waals surface area contributed by atoms with Crippen LogP contribution in [0.25, 0.3) is 6.08 Å². The SMILES string of the molecule is COC(=O)CC=Cc1cc(C(F)(F)F)c[nH]c1=O. The largest absolute Gasteiger partial charge is 0.469 e. The van der Waals surface area contributed by atoms with Crippen molar-refractivity contribution in [2.75, 3.05) is 7.11 Å². The van der Waals surface area contributed by atoms with Crippen molar-refractivity contribution >= 4 is 12.0 Å². The number of alkyl halides is 3. The van der Waals surface area contributed by atoms with E-state index < -0.39 is 23.3 Å². The Morgan fingerprint density at radius 2 is 2.17 bits per heavy atom. The molecule has 0 aliphatic carbocycles. The van der Waals surface area contributed by atoms with Gasteiger partial charge in [0, 0.05) is 11.8 Å². The Morgan fingerprint density at radius 3 is 2.72 bits per heavy atom. The van der Waals surface area contributed by atoms with Crippen LogP contribution in [0.3, 0.4) is 0 Å². The Balaban J connectivity index is 2.95. The van der Waals surface area contributed by atoms with E-state index in [4.69, 9.17) is 0 Å². The smallest absolute Gasteiger partial charge is 0.417 e. The molecule has 0 aliphatic heterocycles. The number of carbonyl (C=O) groups excluding carboxylic acids is 1. The van der Waals surface area contributed by atoms with E-state index in [9.17, 15) is 22.8 Å². The molecular weight excluding hydrogens is 251 g/mol. The summed E-state index contributed by atoms with van der Waals surface area (Å²) in [6.45, 7) is 0. The summed E-state index contributed by atoms with van der Waals surface area (Å²) in [7, 11) is 1.19. The van der Waals surface area contributed by atoms with Crippen molar-refractivity contribution in [3.63, 3.8) is 0 Å². The third-order valence-electron chi connectivity index (χ3n) is 2.07. The molecule has 4 nitrogen and oxygen atoms in total. The van der Waals surface area contributed by atoms with E-state index in [-0.39, 0.29) is 12.0 Å². The summed E-state index contributed by atoms with van der Waals surface area (Å²) < 4.78 is 41.5. The van der Waals surface area contributed by atoms with Crippen LogP contribution in [0.15, 0.2) is 23.1 Å². The highest BCUT2D eigenvalue weighted by Crippen LogP contribution is 2.28. The Kier molecular flexibility index (Phi) is 4.30. The third kappa shape index (κ3) is 3.76. The van der Waals surface area contributed by atoms with Crippen molar-refractivity contribution in [2.45, 2.75) is 12.6 Å². The lowest BCUT2D eigenvalue weighted by Crippen LogP contribution is -2.14. The second kappa shape index (κ2) is 5.52. The van der Waals surface area contributed by atoms with Gasteiger partial charge in [0.15, 0.2) is 0 Å². The van der Waals surface area contributed by atoms with Crippen molar-refractivity contribution < 1.29 is 22.7 Å². The van der Waals surface area contributed by atoms with E-state index in [1.54, 1.807) is 0 Å². The van der Waals surface area contributed by atoms with Crippen molar-refractivity contribution in [1.29, 1.82) is 0 Å². The van der Waals surface area contributed by atoms with E-state index in [0.29, 0.717) is 12.3 Å². The molecule has 1 N–H and O–H groups in total. The van der Waals surface area contributed by atoms with Gasteiger partial charge in [-0.15, -0.1) is 0 Å². The molecular formula is C11H10F3NO3. The molecule has 0 aromatic carbocycles. The van der Waals surface area contributed by atoms with E-state index in [1.807, 2.05) is 4.98 Å². The van der Waals surface area contributed by atoms with Gasteiger partial charge in [-0.3, -0.25) is 9.59 Å². The minimum absolute atomic E-state index is 0.119. The summed E-state index contributed by atoms with van der Waals surface area (Å²) in [6, 6.07) is 0.715. The molecule has 0 aliphatic rings. The number of hydrogen-bond acceptors (Lipinski definition) is 3. The number of aromatic amines is 1. The van der Waals surface area contributed by atoms with Crippen LogP contribution in [0.4, 0.5) is 13.2 Å². The maximum atomic E-state index is 12.4. The minimum Gasteiger partial charge on any atom is -0.469 e. The van der Waals surface area contributed by atoms with Crippen LogP contribution in [0.5, 0.6) is 0 Å². The normalized spacial score (nSPS) is 11.8. The first kappa shape index (κ1) is 14.0. The van der Waals surface area contributed by atoms with Crippen molar-refractivity contribution in [2.24, 2.45) is 0 Å². The molecule has 0 unspecified atom stereocenters. The zero-order chi connectivity index (χ0) is 13.8. The van der Waals surface area contributed by atoms with Crippen molar-refractivity contribution in [3.05, 3.63) is 39.8 Å². The lowest BCUT2D eigenvalue weighted by Gasteiger charge is -2.06. The Morgan fingerprint density at radius 1 is 1.50 bits per heavy atom. The molecule has 0 saturated carbocycles. The average Bonchev–Trinajstić information content (AvgIpc) is 2.29. The van der Waals surface area contributed by atoms with Gasteiger partial charge in [0.2, 0.25) is 0 Å². The van der Waals surface area contributed by atoms with Crippen LogP contribution in [-0.4, -0.2) is 18.1 Å². The molecule has 7 heteroatoms. The summed E-state index contributed by atoms with van der Waals surface area (Å²) in [5, 5.41) is 0. The number of ether oxygens (including phenoxy) is 1. The zero-order valence-corrected chi connectivity index (χ0v) is 9.38. The number of methoxy groups -OCH3 is 1. The monoisotopic (exact) mass is 261 g/mol. The molecule has 1 rings (SSSR count). The molecule has 98 valence electrons.